The van der Waals surface area contributed by atoms with Crippen molar-refractivity contribution in [1.29, 1.82) is 0 Å². The van der Waals surface area contributed by atoms with Crippen molar-refractivity contribution in [2.24, 2.45) is 0 Å². The lowest BCUT2D eigenvalue weighted by Crippen LogP contribution is -2.08. The second kappa shape index (κ2) is 7.10. The quantitative estimate of drug-likeness (QED) is 0.482. The first-order valence-electron chi connectivity index (χ1n) is 8.13. The smallest absolute Gasteiger partial charge is 0.364 e. The van der Waals surface area contributed by atoms with Crippen molar-refractivity contribution in [1.82, 2.24) is 29.9 Å². The third kappa shape index (κ3) is 3.82. The van der Waals surface area contributed by atoms with Crippen LogP contribution in [0.25, 0.3) is 11.2 Å². The van der Waals surface area contributed by atoms with Gasteiger partial charge in [-0.2, -0.15) is 23.1 Å². The molecule has 0 atom stereocenters. The van der Waals surface area contributed by atoms with Crippen molar-refractivity contribution >= 4 is 28.7 Å². The van der Waals surface area contributed by atoms with E-state index in [1.807, 2.05) is 0 Å². The third-order valence-corrected chi connectivity index (χ3v) is 3.82. The lowest BCUT2D eigenvalue weighted by molar-refractivity contribution is -0.137. The van der Waals surface area contributed by atoms with Gasteiger partial charge >= 0.3 is 6.18 Å². The van der Waals surface area contributed by atoms with Gasteiger partial charge in [0.15, 0.2) is 11.5 Å². The minimum Gasteiger partial charge on any atom is -0.364 e. The van der Waals surface area contributed by atoms with Crippen LogP contribution in [0.15, 0.2) is 49.2 Å². The van der Waals surface area contributed by atoms with Crippen LogP contribution in [0, 0.1) is 0 Å². The Morgan fingerprint density at radius 2 is 1.96 bits per heavy atom. The zero-order chi connectivity index (χ0) is 19.6. The molecule has 0 saturated heterocycles. The van der Waals surface area contributed by atoms with Gasteiger partial charge in [-0.1, -0.05) is 12.1 Å². The van der Waals surface area contributed by atoms with E-state index in [1.54, 1.807) is 18.3 Å². The van der Waals surface area contributed by atoms with E-state index < -0.39 is 11.7 Å². The highest BCUT2D eigenvalue weighted by Crippen LogP contribution is 2.30. The highest BCUT2D eigenvalue weighted by Gasteiger charge is 2.30. The van der Waals surface area contributed by atoms with Gasteiger partial charge in [-0.05, 0) is 23.8 Å². The number of imidazole rings is 1. The van der Waals surface area contributed by atoms with Gasteiger partial charge in [-0.15, -0.1) is 0 Å². The fourth-order valence-electron chi connectivity index (χ4n) is 2.54. The topological polar surface area (TPSA) is 104 Å². The molecule has 1 aromatic carbocycles. The lowest BCUT2D eigenvalue weighted by Gasteiger charge is -2.11. The van der Waals surface area contributed by atoms with Gasteiger partial charge in [0.2, 0.25) is 5.95 Å². The zero-order valence-electron chi connectivity index (χ0n) is 14.2. The maximum absolute atomic E-state index is 12.9. The van der Waals surface area contributed by atoms with Crippen LogP contribution in [0.5, 0.6) is 0 Å². The normalized spacial score (nSPS) is 11.5. The molecule has 0 fully saturated rings. The predicted molar refractivity (Wildman–Crippen MR) is 95.8 cm³/mol. The van der Waals surface area contributed by atoms with Gasteiger partial charge in [0.1, 0.15) is 17.7 Å². The molecule has 0 amide bonds. The summed E-state index contributed by atoms with van der Waals surface area (Å²) in [5.41, 5.74) is 0.706. The molecule has 3 aromatic heterocycles. The minimum atomic E-state index is -4.39. The number of rotatable bonds is 5. The van der Waals surface area contributed by atoms with Crippen LogP contribution in [0.2, 0.25) is 0 Å². The Labute approximate surface area is 156 Å². The molecule has 11 heteroatoms. The average Bonchev–Trinajstić information content (AvgIpc) is 3.15. The summed E-state index contributed by atoms with van der Waals surface area (Å²) in [5.74, 6) is 1.13. The number of halogens is 3. The standard InChI is InChI=1S/C17H13F3N8/c18-17(19,20)11-3-1-2-10(6-11)7-22-14-13-15(25-9-24-13)28-16(27-14)26-12-4-5-21-8-23-12/h1-6,8-9H,7H2,(H3,21,22,23,24,25,26,27,28). The Morgan fingerprint density at radius 3 is 2.75 bits per heavy atom. The molecule has 0 radical (unpaired) electrons. The summed E-state index contributed by atoms with van der Waals surface area (Å²) in [6.07, 6.45) is 0.0108. The van der Waals surface area contributed by atoms with Crippen molar-refractivity contribution in [3.63, 3.8) is 0 Å². The van der Waals surface area contributed by atoms with Crippen LogP contribution < -0.4 is 10.6 Å². The highest BCUT2D eigenvalue weighted by atomic mass is 19.4. The number of alkyl halides is 3. The number of H-pyrrole nitrogens is 1. The molecule has 142 valence electrons. The first-order valence-corrected chi connectivity index (χ1v) is 8.13. The minimum absolute atomic E-state index is 0.141. The van der Waals surface area contributed by atoms with Gasteiger partial charge in [0.25, 0.3) is 0 Å². The van der Waals surface area contributed by atoms with Gasteiger partial charge in [-0.25, -0.2) is 15.0 Å². The second-order valence-electron chi connectivity index (χ2n) is 5.77. The van der Waals surface area contributed by atoms with Crippen molar-refractivity contribution in [2.45, 2.75) is 12.7 Å². The highest BCUT2D eigenvalue weighted by molar-refractivity contribution is 5.84. The summed E-state index contributed by atoms with van der Waals surface area (Å²) in [7, 11) is 0. The van der Waals surface area contributed by atoms with Gasteiger partial charge in [0.05, 0.1) is 11.9 Å². The maximum atomic E-state index is 12.9. The number of aromatic nitrogens is 6. The monoisotopic (exact) mass is 386 g/mol. The Morgan fingerprint density at radius 1 is 1.07 bits per heavy atom. The molecule has 0 aliphatic carbocycles. The fourth-order valence-corrected chi connectivity index (χ4v) is 2.54. The average molecular weight is 386 g/mol. The van der Waals surface area contributed by atoms with Crippen LogP contribution in [0.4, 0.5) is 30.8 Å². The molecule has 8 nitrogen and oxygen atoms in total. The molecule has 3 N–H and O–H groups in total. The molecule has 0 bridgehead atoms. The third-order valence-electron chi connectivity index (χ3n) is 3.82. The molecular weight excluding hydrogens is 373 g/mol. The number of hydrogen-bond donors (Lipinski definition) is 3. The molecule has 3 heterocycles. The summed E-state index contributed by atoms with van der Waals surface area (Å²) >= 11 is 0. The molecule has 0 saturated carbocycles. The van der Waals surface area contributed by atoms with Crippen molar-refractivity contribution in [2.75, 3.05) is 10.6 Å². The first-order chi connectivity index (χ1) is 13.5. The Hall–Kier alpha value is -3.76. The van der Waals surface area contributed by atoms with E-state index in [-0.39, 0.29) is 12.5 Å². The number of nitrogens with zero attached hydrogens (tertiary/aromatic N) is 5. The summed E-state index contributed by atoms with van der Waals surface area (Å²) in [4.78, 5) is 23.6. The molecule has 4 aromatic rings. The number of anilines is 3. The lowest BCUT2D eigenvalue weighted by atomic mass is 10.1. The number of aromatic amines is 1. The Bertz CT molecular complexity index is 1090. The number of benzene rings is 1. The molecule has 0 aliphatic rings. The van der Waals surface area contributed by atoms with Gasteiger partial charge in [0, 0.05) is 12.7 Å². The molecule has 28 heavy (non-hydrogen) atoms. The molecule has 0 aliphatic heterocycles. The van der Waals surface area contributed by atoms with Crippen LogP contribution in [0.1, 0.15) is 11.1 Å². The Kier molecular flexibility index (Phi) is 4.47. The van der Waals surface area contributed by atoms with E-state index in [0.29, 0.717) is 28.4 Å². The van der Waals surface area contributed by atoms with E-state index >= 15 is 0 Å². The van der Waals surface area contributed by atoms with E-state index in [0.717, 1.165) is 12.1 Å². The zero-order valence-corrected chi connectivity index (χ0v) is 14.2. The summed E-state index contributed by atoms with van der Waals surface area (Å²) in [6, 6.07) is 6.75. The van der Waals surface area contributed by atoms with Crippen LogP contribution in [0.3, 0.4) is 0 Å². The SMILES string of the molecule is FC(F)(F)c1cccc(CNc2nc(Nc3ccncn3)nc3nc[nH]c23)c1. The second-order valence-corrected chi connectivity index (χ2v) is 5.77. The van der Waals surface area contributed by atoms with Crippen LogP contribution >= 0.6 is 0 Å². The maximum Gasteiger partial charge on any atom is 0.416 e. The van der Waals surface area contributed by atoms with E-state index in [1.165, 1.54) is 18.7 Å². The molecular formula is C17H13F3N8. The predicted octanol–water partition coefficient (Wildman–Crippen LogP) is 3.52. The largest absolute Gasteiger partial charge is 0.416 e. The number of fused-ring (bicyclic) bond motifs is 1. The van der Waals surface area contributed by atoms with E-state index in [9.17, 15) is 13.2 Å². The number of nitrogens with one attached hydrogen (secondary N) is 3. The van der Waals surface area contributed by atoms with Crippen LogP contribution in [-0.4, -0.2) is 29.9 Å². The van der Waals surface area contributed by atoms with Gasteiger partial charge < -0.3 is 15.6 Å². The van der Waals surface area contributed by atoms with Crippen molar-refractivity contribution < 1.29 is 13.2 Å². The van der Waals surface area contributed by atoms with Crippen molar-refractivity contribution in [3.8, 4) is 0 Å². The first kappa shape index (κ1) is 17.6. The summed E-state index contributed by atoms with van der Waals surface area (Å²) < 4.78 is 38.7. The summed E-state index contributed by atoms with van der Waals surface area (Å²) in [5, 5.41) is 5.97. The fraction of sp³-hybridized carbons (Fsp3) is 0.118. The number of hydrogen-bond acceptors (Lipinski definition) is 7. The molecule has 4 rings (SSSR count). The van der Waals surface area contributed by atoms with Gasteiger partial charge in [-0.3, -0.25) is 0 Å². The van der Waals surface area contributed by atoms with Crippen LogP contribution in [-0.2, 0) is 12.7 Å². The van der Waals surface area contributed by atoms with E-state index in [2.05, 4.69) is 40.5 Å². The Balaban J connectivity index is 1.59. The molecule has 0 unspecified atom stereocenters. The molecule has 0 spiro atoms. The summed E-state index contributed by atoms with van der Waals surface area (Å²) in [6.45, 7) is 0.141. The van der Waals surface area contributed by atoms with E-state index in [4.69, 9.17) is 0 Å². The van der Waals surface area contributed by atoms with Crippen molar-refractivity contribution in [3.05, 3.63) is 60.3 Å².